The first-order valence-electron chi connectivity index (χ1n) is 12.0. The summed E-state index contributed by atoms with van der Waals surface area (Å²) in [5, 5.41) is 13.3. The highest BCUT2D eigenvalue weighted by atomic mass is 19.1. The van der Waals surface area contributed by atoms with Crippen LogP contribution >= 0.6 is 0 Å². The molecule has 11 nitrogen and oxygen atoms in total. The van der Waals surface area contributed by atoms with Crippen LogP contribution in [0.2, 0.25) is 0 Å². The van der Waals surface area contributed by atoms with Crippen LogP contribution < -0.4 is 15.5 Å². The maximum atomic E-state index is 13.9. The van der Waals surface area contributed by atoms with Crippen LogP contribution in [0.3, 0.4) is 0 Å². The Balaban J connectivity index is 1.33. The number of anilines is 4. The highest BCUT2D eigenvalue weighted by Crippen LogP contribution is 2.21. The summed E-state index contributed by atoms with van der Waals surface area (Å²) in [5.74, 6) is 0.119. The van der Waals surface area contributed by atoms with Crippen molar-refractivity contribution in [1.82, 2.24) is 35.1 Å². The van der Waals surface area contributed by atoms with Crippen LogP contribution in [0.1, 0.15) is 30.0 Å². The number of halogens is 3. The van der Waals surface area contributed by atoms with E-state index in [1.807, 2.05) is 4.90 Å². The van der Waals surface area contributed by atoms with Gasteiger partial charge in [-0.3, -0.25) is 5.10 Å². The minimum Gasteiger partial charge on any atom is -0.378 e. The molecule has 5 rings (SSSR count). The van der Waals surface area contributed by atoms with Gasteiger partial charge in [0.05, 0.1) is 37.3 Å². The first-order valence-corrected chi connectivity index (χ1v) is 12.0. The van der Waals surface area contributed by atoms with Gasteiger partial charge in [-0.15, -0.1) is 0 Å². The van der Waals surface area contributed by atoms with Crippen molar-refractivity contribution in [3.63, 3.8) is 0 Å². The Morgan fingerprint density at radius 1 is 1.00 bits per heavy atom. The maximum absolute atomic E-state index is 13.9. The fraction of sp³-hybridized carbons (Fsp3) is 0.333. The number of hydrogen-bond donors (Lipinski definition) is 3. The lowest BCUT2D eigenvalue weighted by molar-refractivity contribution is 0.122. The monoisotopic (exact) mass is 526 g/mol. The molecule has 38 heavy (non-hydrogen) atoms. The highest BCUT2D eigenvalue weighted by molar-refractivity contribution is 5.53. The number of rotatable bonds is 9. The second kappa shape index (κ2) is 11.4. The van der Waals surface area contributed by atoms with Gasteiger partial charge in [-0.05, 0) is 31.9 Å². The molecule has 0 spiro atoms. The van der Waals surface area contributed by atoms with E-state index in [1.54, 1.807) is 13.0 Å². The second-order valence-corrected chi connectivity index (χ2v) is 8.61. The van der Waals surface area contributed by atoms with Crippen LogP contribution in [0.25, 0.3) is 0 Å². The van der Waals surface area contributed by atoms with Crippen LogP contribution in [-0.2, 0) is 17.6 Å². The summed E-state index contributed by atoms with van der Waals surface area (Å²) in [5.41, 5.74) is 0.630. The Morgan fingerprint density at radius 3 is 2.45 bits per heavy atom. The second-order valence-electron chi connectivity index (χ2n) is 8.61. The van der Waals surface area contributed by atoms with Crippen LogP contribution in [0.15, 0.2) is 36.7 Å². The molecule has 0 aliphatic carbocycles. The molecule has 4 heterocycles. The molecule has 1 aliphatic heterocycles. The molecule has 1 atom stereocenters. The molecular weight excluding hydrogens is 501 g/mol. The summed E-state index contributed by atoms with van der Waals surface area (Å²) in [6, 6.07) is 5.11. The lowest BCUT2D eigenvalue weighted by Gasteiger charge is -2.27. The van der Waals surface area contributed by atoms with E-state index < -0.39 is 23.5 Å². The average molecular weight is 527 g/mol. The molecule has 1 aliphatic rings. The zero-order chi connectivity index (χ0) is 26.5. The first-order chi connectivity index (χ1) is 18.4. The Labute approximate surface area is 215 Å². The van der Waals surface area contributed by atoms with E-state index in [-0.39, 0.29) is 23.9 Å². The maximum Gasteiger partial charge on any atom is 0.234 e. The predicted octanol–water partition coefficient (Wildman–Crippen LogP) is 3.34. The molecular formula is C24H25F3N10O. The molecule has 0 radical (unpaired) electrons. The molecule has 3 aromatic heterocycles. The molecule has 4 aromatic rings. The van der Waals surface area contributed by atoms with E-state index in [4.69, 9.17) is 4.74 Å². The van der Waals surface area contributed by atoms with Gasteiger partial charge in [-0.25, -0.2) is 23.1 Å². The Kier molecular flexibility index (Phi) is 7.58. The number of aryl methyl sites for hydroxylation is 1. The third-order valence-corrected chi connectivity index (χ3v) is 5.86. The van der Waals surface area contributed by atoms with Crippen molar-refractivity contribution in [2.45, 2.75) is 25.8 Å². The van der Waals surface area contributed by atoms with Crippen molar-refractivity contribution in [3.05, 3.63) is 71.2 Å². The normalized spacial score (nSPS) is 14.4. The molecule has 1 aromatic carbocycles. The van der Waals surface area contributed by atoms with Gasteiger partial charge < -0.3 is 20.3 Å². The molecule has 1 fully saturated rings. The fourth-order valence-corrected chi connectivity index (χ4v) is 3.89. The number of nitrogens with zero attached hydrogens (tertiary/aromatic N) is 7. The Bertz CT molecular complexity index is 1360. The van der Waals surface area contributed by atoms with Crippen molar-refractivity contribution < 1.29 is 17.9 Å². The summed E-state index contributed by atoms with van der Waals surface area (Å²) >= 11 is 0. The number of H-pyrrole nitrogens is 1. The highest BCUT2D eigenvalue weighted by Gasteiger charge is 2.19. The fourth-order valence-electron chi connectivity index (χ4n) is 3.89. The van der Waals surface area contributed by atoms with Crippen molar-refractivity contribution >= 4 is 23.7 Å². The number of nitrogens with one attached hydrogen (secondary N) is 3. The zero-order valence-corrected chi connectivity index (χ0v) is 20.5. The summed E-state index contributed by atoms with van der Waals surface area (Å²) in [6.07, 6.45) is 2.67. The van der Waals surface area contributed by atoms with E-state index in [1.165, 1.54) is 18.2 Å². The van der Waals surface area contributed by atoms with Crippen molar-refractivity contribution in [2.75, 3.05) is 41.8 Å². The van der Waals surface area contributed by atoms with Gasteiger partial charge in [0.2, 0.25) is 17.8 Å². The van der Waals surface area contributed by atoms with Gasteiger partial charge >= 0.3 is 0 Å². The number of ether oxygens (including phenoxy) is 1. The average Bonchev–Trinajstić information content (AvgIpc) is 3.36. The van der Waals surface area contributed by atoms with Gasteiger partial charge in [0.1, 0.15) is 23.3 Å². The topological polar surface area (TPSA) is 130 Å². The first kappa shape index (κ1) is 25.3. The van der Waals surface area contributed by atoms with E-state index >= 15 is 0 Å². The largest absolute Gasteiger partial charge is 0.378 e. The molecule has 14 heteroatoms. The van der Waals surface area contributed by atoms with Crippen molar-refractivity contribution in [3.8, 4) is 0 Å². The standard InChI is InChI=1S/C24H25F3N10O/c1-14(21-28-12-15(25)13-29-21)30-22-32-23(34-24(33-22)37-7-9-38-10-8-37)31-20-11-16(35-36-20)5-6-17-18(26)3-2-4-19(17)27/h2-4,11-14H,5-10H2,1H3,(H3,30,31,32,33,34,35,36)/t14-/m0/s1. The number of morpholine rings is 1. The van der Waals surface area contributed by atoms with Gasteiger partial charge in [0.25, 0.3) is 0 Å². The van der Waals surface area contributed by atoms with Crippen LogP contribution in [-0.4, -0.2) is 61.4 Å². The van der Waals surface area contributed by atoms with Gasteiger partial charge in [-0.1, -0.05) is 6.07 Å². The third-order valence-electron chi connectivity index (χ3n) is 5.86. The van der Waals surface area contributed by atoms with Crippen molar-refractivity contribution in [2.24, 2.45) is 0 Å². The Hall–Kier alpha value is -4.33. The zero-order valence-electron chi connectivity index (χ0n) is 20.5. The predicted molar refractivity (Wildman–Crippen MR) is 133 cm³/mol. The SMILES string of the molecule is C[C@H](Nc1nc(Nc2cc(CCc3c(F)cccc3F)n[nH]2)nc(N2CCOCC2)n1)c1ncc(F)cn1. The minimum absolute atomic E-state index is 0.0209. The molecule has 1 saturated heterocycles. The lowest BCUT2D eigenvalue weighted by atomic mass is 10.1. The molecule has 0 saturated carbocycles. The summed E-state index contributed by atoms with van der Waals surface area (Å²) in [6.45, 7) is 4.12. The summed E-state index contributed by atoms with van der Waals surface area (Å²) in [4.78, 5) is 23.5. The molecule has 0 bridgehead atoms. The van der Waals surface area contributed by atoms with E-state index in [0.29, 0.717) is 56.0 Å². The van der Waals surface area contributed by atoms with Gasteiger partial charge in [0.15, 0.2) is 5.82 Å². The van der Waals surface area contributed by atoms with Gasteiger partial charge in [-0.2, -0.15) is 20.1 Å². The minimum atomic E-state index is -0.583. The van der Waals surface area contributed by atoms with Crippen LogP contribution in [0, 0.1) is 17.5 Å². The van der Waals surface area contributed by atoms with E-state index in [0.717, 1.165) is 12.4 Å². The molecule has 0 unspecified atom stereocenters. The van der Waals surface area contributed by atoms with Crippen molar-refractivity contribution in [1.29, 1.82) is 0 Å². The van der Waals surface area contributed by atoms with E-state index in [9.17, 15) is 13.2 Å². The third kappa shape index (κ3) is 6.14. The molecule has 198 valence electrons. The summed E-state index contributed by atoms with van der Waals surface area (Å²) < 4.78 is 46.5. The van der Waals surface area contributed by atoms with Crippen LogP contribution in [0.5, 0.6) is 0 Å². The molecule has 3 N–H and O–H groups in total. The number of benzene rings is 1. The quantitative estimate of drug-likeness (QED) is 0.299. The lowest BCUT2D eigenvalue weighted by Crippen LogP contribution is -2.37. The number of aromatic nitrogens is 7. The molecule has 0 amide bonds. The number of hydrogen-bond acceptors (Lipinski definition) is 10. The van der Waals surface area contributed by atoms with Crippen LogP contribution in [0.4, 0.5) is 36.8 Å². The number of aromatic amines is 1. The smallest absolute Gasteiger partial charge is 0.234 e. The van der Waals surface area contributed by atoms with Gasteiger partial charge in [0, 0.05) is 24.7 Å². The van der Waals surface area contributed by atoms with E-state index in [2.05, 4.69) is 45.8 Å². The Morgan fingerprint density at radius 2 is 1.71 bits per heavy atom. The summed E-state index contributed by atoms with van der Waals surface area (Å²) in [7, 11) is 0.